The Morgan fingerprint density at radius 1 is 0.961 bits per heavy atom. The second-order valence-corrected chi connectivity index (χ2v) is 13.0. The van der Waals surface area contributed by atoms with Crippen LogP contribution in [0.15, 0.2) is 36.4 Å². The molecule has 1 aliphatic heterocycles. The summed E-state index contributed by atoms with van der Waals surface area (Å²) in [5.41, 5.74) is 0.895. The van der Waals surface area contributed by atoms with E-state index in [-0.39, 0.29) is 53.4 Å². The van der Waals surface area contributed by atoms with Crippen LogP contribution in [0.5, 0.6) is 11.5 Å². The van der Waals surface area contributed by atoms with E-state index in [0.29, 0.717) is 5.56 Å². The minimum Gasteiger partial charge on any atom is -0.507 e. The number of aromatic hydroxyl groups is 2. The molecular formula is C36H46N4O11. The van der Waals surface area contributed by atoms with E-state index in [0.717, 1.165) is 9.80 Å². The molecule has 0 saturated carbocycles. The van der Waals surface area contributed by atoms with Crippen molar-refractivity contribution in [2.75, 3.05) is 20.7 Å². The van der Waals surface area contributed by atoms with Gasteiger partial charge in [0.15, 0.2) is 11.6 Å². The van der Waals surface area contributed by atoms with Crippen LogP contribution in [0.3, 0.4) is 0 Å². The number of fused-ring (bicyclic) bond motifs is 5. The summed E-state index contributed by atoms with van der Waals surface area (Å²) in [6.45, 7) is 5.25. The maximum absolute atomic E-state index is 14.0. The van der Waals surface area contributed by atoms with Gasteiger partial charge < -0.3 is 40.9 Å². The van der Waals surface area contributed by atoms with E-state index < -0.39 is 84.3 Å². The number of hydrogen-bond acceptors (Lipinski definition) is 10. The highest BCUT2D eigenvalue weighted by molar-refractivity contribution is 5.97. The molecule has 51 heavy (non-hydrogen) atoms. The van der Waals surface area contributed by atoms with Gasteiger partial charge in [0.2, 0.25) is 23.6 Å². The number of nitrogens with zero attached hydrogens (tertiary/aromatic N) is 2. The van der Waals surface area contributed by atoms with Crippen LogP contribution in [0.2, 0.25) is 0 Å². The van der Waals surface area contributed by atoms with E-state index in [1.807, 2.05) is 0 Å². The summed E-state index contributed by atoms with van der Waals surface area (Å²) in [6.07, 6.45) is -0.795. The number of amides is 4. The standard InChI is InChI=1S/C36H46N4O11/c1-7-31(46)39(5)26(17-41)34(48)37-20(4)29(44)13-19(3)35(49)40(6)32-22-9-11-28(43)24(16-22)23-14-21(8-10-27(23)42)15-25(36(50)51)38-33(47)18(2)12-30(32)45/h8-11,14,16,18-20,25-26,32,41-43H,7,12-13,15,17H2,1-6H3,(H,37,48)(H,38,47)(H,50,51)/t18-,19+,20-,25+,26-,32+/m1/s1. The monoisotopic (exact) mass is 710 g/mol. The summed E-state index contributed by atoms with van der Waals surface area (Å²) in [5, 5.41) is 46.0. The van der Waals surface area contributed by atoms with Gasteiger partial charge in [-0.3, -0.25) is 28.8 Å². The number of aliphatic hydroxyl groups is 1. The van der Waals surface area contributed by atoms with E-state index in [2.05, 4.69) is 10.6 Å². The molecule has 2 aromatic rings. The molecule has 4 amide bonds. The van der Waals surface area contributed by atoms with Crippen molar-refractivity contribution in [3.05, 3.63) is 47.5 Å². The molecule has 0 aliphatic carbocycles. The van der Waals surface area contributed by atoms with Gasteiger partial charge >= 0.3 is 5.97 Å². The minimum absolute atomic E-state index is 0.101. The lowest BCUT2D eigenvalue weighted by molar-refractivity contribution is -0.144. The van der Waals surface area contributed by atoms with Crippen molar-refractivity contribution >= 4 is 41.2 Å². The van der Waals surface area contributed by atoms with Crippen molar-refractivity contribution in [3.63, 3.8) is 0 Å². The first-order valence-electron chi connectivity index (χ1n) is 16.6. The highest BCUT2D eigenvalue weighted by Gasteiger charge is 2.36. The van der Waals surface area contributed by atoms with Gasteiger partial charge in [0.1, 0.15) is 29.6 Å². The second kappa shape index (κ2) is 17.1. The third-order valence-corrected chi connectivity index (χ3v) is 9.15. The minimum atomic E-state index is -1.37. The Morgan fingerprint density at radius 3 is 2.16 bits per heavy atom. The predicted molar refractivity (Wildman–Crippen MR) is 183 cm³/mol. The largest absolute Gasteiger partial charge is 0.507 e. The van der Waals surface area contributed by atoms with Crippen molar-refractivity contribution in [2.45, 2.75) is 77.5 Å². The number of likely N-dealkylation sites (N-methyl/N-ethyl adjacent to an activating group) is 2. The SMILES string of the molecule is CCC(=O)N(C)[C@H](CO)C(=O)N[C@H](C)C(=O)C[C@H](C)C(=O)N(C)[C@@H]1C(=O)C[C@@H](C)C(=O)N[C@H](C(=O)O)Cc2ccc(O)c(c2)-c2cc1ccc2O. The average molecular weight is 711 g/mol. The number of nitrogens with one attached hydrogen (secondary N) is 2. The number of aliphatic hydroxyl groups excluding tert-OH is 1. The first kappa shape index (κ1) is 40.1. The second-order valence-electron chi connectivity index (χ2n) is 13.0. The fraction of sp³-hybridized carbons (Fsp3) is 0.472. The molecule has 1 aliphatic rings. The number of phenolic OH excluding ortho intramolecular Hbond substituents is 2. The van der Waals surface area contributed by atoms with Crippen LogP contribution in [0.1, 0.15) is 64.1 Å². The van der Waals surface area contributed by atoms with E-state index >= 15 is 0 Å². The molecule has 1 heterocycles. The zero-order chi connectivity index (χ0) is 38.3. The lowest BCUT2D eigenvalue weighted by Crippen LogP contribution is -2.53. The molecule has 0 fully saturated rings. The summed E-state index contributed by atoms with van der Waals surface area (Å²) < 4.78 is 0. The summed E-state index contributed by atoms with van der Waals surface area (Å²) >= 11 is 0. The lowest BCUT2D eigenvalue weighted by Gasteiger charge is -2.31. The Morgan fingerprint density at radius 2 is 1.57 bits per heavy atom. The number of carbonyl (C=O) groups is 7. The topological polar surface area (TPSA) is 231 Å². The molecule has 15 nitrogen and oxygen atoms in total. The summed E-state index contributed by atoms with van der Waals surface area (Å²) in [5.74, 6) is -7.44. The van der Waals surface area contributed by atoms with Crippen molar-refractivity contribution < 1.29 is 54.0 Å². The van der Waals surface area contributed by atoms with Crippen molar-refractivity contribution in [2.24, 2.45) is 11.8 Å². The van der Waals surface area contributed by atoms with Crippen LogP contribution < -0.4 is 10.6 Å². The van der Waals surface area contributed by atoms with Gasteiger partial charge in [-0.05, 0) is 42.3 Å². The van der Waals surface area contributed by atoms with E-state index in [1.165, 1.54) is 71.3 Å². The highest BCUT2D eigenvalue weighted by atomic mass is 16.4. The van der Waals surface area contributed by atoms with Gasteiger partial charge in [-0.2, -0.15) is 0 Å². The molecule has 0 spiro atoms. The third-order valence-electron chi connectivity index (χ3n) is 9.15. The molecule has 0 saturated heterocycles. The molecule has 6 N–H and O–H groups in total. The number of hydrogen-bond donors (Lipinski definition) is 6. The van der Waals surface area contributed by atoms with Crippen LogP contribution >= 0.6 is 0 Å². The first-order valence-corrected chi connectivity index (χ1v) is 16.6. The Balaban J connectivity index is 1.95. The number of carboxylic acids is 1. The van der Waals surface area contributed by atoms with E-state index in [1.54, 1.807) is 6.92 Å². The number of carbonyl (C=O) groups excluding carboxylic acids is 6. The summed E-state index contributed by atoms with van der Waals surface area (Å²) in [6, 6.07) is 3.40. The molecule has 0 unspecified atom stereocenters. The Kier molecular flexibility index (Phi) is 13.4. The van der Waals surface area contributed by atoms with Crippen LogP contribution in [0, 0.1) is 11.8 Å². The summed E-state index contributed by atoms with van der Waals surface area (Å²) in [7, 11) is 2.71. The van der Waals surface area contributed by atoms with Gasteiger partial charge in [0, 0.05) is 62.7 Å². The van der Waals surface area contributed by atoms with Crippen molar-refractivity contribution in [3.8, 4) is 22.6 Å². The fourth-order valence-electron chi connectivity index (χ4n) is 5.98. The van der Waals surface area contributed by atoms with Crippen LogP contribution in [0.4, 0.5) is 0 Å². The number of phenols is 2. The zero-order valence-electron chi connectivity index (χ0n) is 29.5. The molecule has 4 bridgehead atoms. The van der Waals surface area contributed by atoms with Crippen molar-refractivity contribution in [1.82, 2.24) is 20.4 Å². The van der Waals surface area contributed by atoms with Crippen LogP contribution in [0.25, 0.3) is 11.1 Å². The van der Waals surface area contributed by atoms with Crippen LogP contribution in [-0.4, -0.2) is 110 Å². The number of carboxylic acid groups (broad SMARTS) is 1. The molecule has 276 valence electrons. The quantitative estimate of drug-likeness (QED) is 0.195. The van der Waals surface area contributed by atoms with Gasteiger partial charge in [0.25, 0.3) is 0 Å². The highest BCUT2D eigenvalue weighted by Crippen LogP contribution is 2.39. The van der Waals surface area contributed by atoms with Gasteiger partial charge in [-0.1, -0.05) is 32.9 Å². The maximum atomic E-state index is 14.0. The number of benzene rings is 2. The Labute approximate surface area is 295 Å². The van der Waals surface area contributed by atoms with Crippen LogP contribution in [-0.2, 0) is 40.0 Å². The predicted octanol–water partition coefficient (Wildman–Crippen LogP) is 1.31. The molecule has 0 aromatic heterocycles. The zero-order valence-corrected chi connectivity index (χ0v) is 29.5. The van der Waals surface area contributed by atoms with Gasteiger partial charge in [0.05, 0.1) is 12.6 Å². The molecule has 6 atom stereocenters. The molecule has 3 rings (SSSR count). The molecular weight excluding hydrogens is 664 g/mol. The number of rotatable bonds is 11. The van der Waals surface area contributed by atoms with Crippen molar-refractivity contribution in [1.29, 1.82) is 0 Å². The Hall–Kier alpha value is -5.31. The van der Waals surface area contributed by atoms with E-state index in [4.69, 9.17) is 0 Å². The molecule has 0 radical (unpaired) electrons. The normalized spacial score (nSPS) is 19.4. The summed E-state index contributed by atoms with van der Waals surface area (Å²) in [4.78, 5) is 93.1. The van der Waals surface area contributed by atoms with E-state index in [9.17, 15) is 54.0 Å². The first-order chi connectivity index (χ1) is 23.9. The van der Waals surface area contributed by atoms with Gasteiger partial charge in [-0.15, -0.1) is 0 Å². The Bertz CT molecular complexity index is 1690. The number of ketones is 2. The molecule has 15 heteroatoms. The van der Waals surface area contributed by atoms with Gasteiger partial charge in [-0.25, -0.2) is 4.79 Å². The molecule has 2 aromatic carbocycles. The maximum Gasteiger partial charge on any atom is 0.326 e. The third kappa shape index (κ3) is 9.48. The smallest absolute Gasteiger partial charge is 0.326 e. The lowest BCUT2D eigenvalue weighted by atomic mass is 9.89. The number of Topliss-reactive ketones (excluding diaryl/α,β-unsaturated/α-hetero) is 2. The fourth-order valence-corrected chi connectivity index (χ4v) is 5.98. The average Bonchev–Trinajstić information content (AvgIpc) is 3.08. The number of aliphatic carboxylic acids is 1.